The molecule has 0 bridgehead atoms. The molecule has 0 atom stereocenters. The van der Waals surface area contributed by atoms with Gasteiger partial charge in [-0.05, 0) is 24.5 Å². The first-order valence-corrected chi connectivity index (χ1v) is 5.84. The summed E-state index contributed by atoms with van der Waals surface area (Å²) >= 11 is 1.49. The molecule has 0 unspecified atom stereocenters. The molecule has 5 heteroatoms. The predicted molar refractivity (Wildman–Crippen MR) is 63.6 cm³/mol. The van der Waals surface area contributed by atoms with Crippen molar-refractivity contribution in [2.45, 2.75) is 4.90 Å². The van der Waals surface area contributed by atoms with Crippen LogP contribution in [0.15, 0.2) is 35.5 Å². The van der Waals surface area contributed by atoms with Gasteiger partial charge in [-0.3, -0.25) is 4.98 Å². The summed E-state index contributed by atoms with van der Waals surface area (Å²) in [5.74, 6) is 0.0239. The molecule has 0 aliphatic rings. The fourth-order valence-electron chi connectivity index (χ4n) is 1.31. The third-order valence-electron chi connectivity index (χ3n) is 2.12. The largest absolute Gasteiger partial charge is 0.382 e. The molecular formula is C11H10FN3S. The van der Waals surface area contributed by atoms with Gasteiger partial charge < -0.3 is 5.73 Å². The molecule has 0 aliphatic heterocycles. The minimum Gasteiger partial charge on any atom is -0.382 e. The van der Waals surface area contributed by atoms with Gasteiger partial charge in [-0.15, -0.1) is 11.8 Å². The Kier molecular flexibility index (Phi) is 3.05. The highest BCUT2D eigenvalue weighted by atomic mass is 32.2. The van der Waals surface area contributed by atoms with Gasteiger partial charge in [0.15, 0.2) is 0 Å². The Labute approximate surface area is 96.9 Å². The molecule has 0 saturated carbocycles. The number of hydrogen-bond donors (Lipinski definition) is 1. The predicted octanol–water partition coefficient (Wildman–Crippen LogP) is 2.59. The molecule has 82 valence electrons. The number of anilines is 1. The van der Waals surface area contributed by atoms with Gasteiger partial charge in [0.25, 0.3) is 0 Å². The van der Waals surface area contributed by atoms with E-state index in [1.54, 1.807) is 6.07 Å². The summed E-state index contributed by atoms with van der Waals surface area (Å²) in [5, 5.41) is 0. The Morgan fingerprint density at radius 3 is 2.62 bits per heavy atom. The van der Waals surface area contributed by atoms with Gasteiger partial charge in [0.1, 0.15) is 11.6 Å². The highest BCUT2D eigenvalue weighted by molar-refractivity contribution is 7.98. The second-order valence-corrected chi connectivity index (χ2v) is 4.05. The van der Waals surface area contributed by atoms with Crippen molar-refractivity contribution < 1.29 is 4.39 Å². The van der Waals surface area contributed by atoms with Crippen LogP contribution < -0.4 is 5.73 Å². The summed E-state index contributed by atoms with van der Waals surface area (Å²) in [4.78, 5) is 8.79. The van der Waals surface area contributed by atoms with Crippen molar-refractivity contribution in [2.75, 3.05) is 12.0 Å². The van der Waals surface area contributed by atoms with Gasteiger partial charge in [0, 0.05) is 10.5 Å². The van der Waals surface area contributed by atoms with Crippen molar-refractivity contribution in [3.05, 3.63) is 36.4 Å². The van der Waals surface area contributed by atoms with Crippen LogP contribution >= 0.6 is 11.8 Å². The third kappa shape index (κ3) is 2.14. The lowest BCUT2D eigenvalue weighted by molar-refractivity contribution is 0.627. The van der Waals surface area contributed by atoms with E-state index in [1.165, 1.54) is 30.2 Å². The molecule has 1 heterocycles. The minimum atomic E-state index is -0.300. The number of nitrogens with zero attached hydrogens (tertiary/aromatic N) is 2. The summed E-state index contributed by atoms with van der Waals surface area (Å²) in [5.41, 5.74) is 6.34. The highest BCUT2D eigenvalue weighted by Gasteiger charge is 2.07. The number of halogens is 1. The normalized spacial score (nSPS) is 10.4. The Morgan fingerprint density at radius 2 is 2.06 bits per heavy atom. The van der Waals surface area contributed by atoms with E-state index >= 15 is 0 Å². The van der Waals surface area contributed by atoms with Crippen molar-refractivity contribution >= 4 is 17.6 Å². The topological polar surface area (TPSA) is 51.8 Å². The van der Waals surface area contributed by atoms with Crippen molar-refractivity contribution in [2.24, 2.45) is 0 Å². The fraction of sp³-hybridized carbons (Fsp3) is 0.0909. The van der Waals surface area contributed by atoms with Crippen LogP contribution in [-0.2, 0) is 0 Å². The van der Waals surface area contributed by atoms with Crippen LogP contribution in [0.4, 0.5) is 10.2 Å². The molecule has 2 aromatic rings. The van der Waals surface area contributed by atoms with Crippen molar-refractivity contribution in [3.8, 4) is 11.3 Å². The van der Waals surface area contributed by atoms with E-state index in [1.807, 2.05) is 12.3 Å². The summed E-state index contributed by atoms with van der Waals surface area (Å²) in [6.45, 7) is 0. The number of nitrogen functional groups attached to an aromatic ring is 1. The molecule has 1 aromatic carbocycles. The molecule has 2 N–H and O–H groups in total. The lowest BCUT2D eigenvalue weighted by Crippen LogP contribution is -1.94. The number of hydrogen-bond acceptors (Lipinski definition) is 4. The van der Waals surface area contributed by atoms with Gasteiger partial charge in [-0.1, -0.05) is 0 Å². The minimum absolute atomic E-state index is 0.300. The van der Waals surface area contributed by atoms with Gasteiger partial charge in [-0.25, -0.2) is 9.37 Å². The highest BCUT2D eigenvalue weighted by Crippen LogP contribution is 2.24. The summed E-state index contributed by atoms with van der Waals surface area (Å²) < 4.78 is 13.7. The van der Waals surface area contributed by atoms with Gasteiger partial charge in [0.05, 0.1) is 18.1 Å². The second kappa shape index (κ2) is 4.49. The number of thioether (sulfide) groups is 1. The van der Waals surface area contributed by atoms with Crippen LogP contribution in [0.25, 0.3) is 11.3 Å². The average molecular weight is 235 g/mol. The zero-order valence-electron chi connectivity index (χ0n) is 8.64. The first kappa shape index (κ1) is 10.9. The zero-order chi connectivity index (χ0) is 11.5. The molecule has 1 aromatic heterocycles. The standard InChI is InChI=1S/C11H10FN3S/c1-16-7-2-3-8(9(12)4-7)10-5-15-11(13)6-14-10/h2-6H,1H3,(H2,13,15). The molecule has 0 fully saturated rings. The quantitative estimate of drug-likeness (QED) is 0.813. The van der Waals surface area contributed by atoms with E-state index in [9.17, 15) is 4.39 Å². The summed E-state index contributed by atoms with van der Waals surface area (Å²) in [6.07, 6.45) is 4.78. The molecule has 16 heavy (non-hydrogen) atoms. The van der Waals surface area contributed by atoms with E-state index in [0.29, 0.717) is 17.1 Å². The van der Waals surface area contributed by atoms with Crippen molar-refractivity contribution in [1.29, 1.82) is 0 Å². The van der Waals surface area contributed by atoms with Crippen LogP contribution in [0.2, 0.25) is 0 Å². The third-order valence-corrected chi connectivity index (χ3v) is 2.85. The number of benzene rings is 1. The van der Waals surface area contributed by atoms with Crippen molar-refractivity contribution in [3.63, 3.8) is 0 Å². The van der Waals surface area contributed by atoms with Crippen molar-refractivity contribution in [1.82, 2.24) is 9.97 Å². The lowest BCUT2D eigenvalue weighted by atomic mass is 10.1. The lowest BCUT2D eigenvalue weighted by Gasteiger charge is -2.04. The van der Waals surface area contributed by atoms with E-state index in [2.05, 4.69) is 9.97 Å². The second-order valence-electron chi connectivity index (χ2n) is 3.17. The first-order chi connectivity index (χ1) is 7.70. The van der Waals surface area contributed by atoms with Crippen LogP contribution in [0, 0.1) is 5.82 Å². The van der Waals surface area contributed by atoms with E-state index in [4.69, 9.17) is 5.73 Å². The SMILES string of the molecule is CSc1ccc(-c2cnc(N)cn2)c(F)c1. The monoisotopic (exact) mass is 235 g/mol. The summed E-state index contributed by atoms with van der Waals surface area (Å²) in [6, 6.07) is 5.03. The van der Waals surface area contributed by atoms with Gasteiger partial charge >= 0.3 is 0 Å². The molecule has 0 spiro atoms. The molecule has 0 aliphatic carbocycles. The first-order valence-electron chi connectivity index (χ1n) is 4.62. The molecule has 2 rings (SSSR count). The Morgan fingerprint density at radius 1 is 1.25 bits per heavy atom. The van der Waals surface area contributed by atoms with Crippen LogP contribution in [0.3, 0.4) is 0 Å². The molecule has 0 amide bonds. The maximum atomic E-state index is 13.7. The zero-order valence-corrected chi connectivity index (χ0v) is 9.46. The maximum Gasteiger partial charge on any atom is 0.141 e. The number of rotatable bonds is 2. The molecule has 0 saturated heterocycles. The van der Waals surface area contributed by atoms with E-state index in [0.717, 1.165) is 4.90 Å². The smallest absolute Gasteiger partial charge is 0.141 e. The van der Waals surface area contributed by atoms with E-state index in [-0.39, 0.29) is 5.82 Å². The Balaban J connectivity index is 2.44. The molecule has 3 nitrogen and oxygen atoms in total. The Bertz CT molecular complexity index is 499. The summed E-state index contributed by atoms with van der Waals surface area (Å²) in [7, 11) is 0. The maximum absolute atomic E-state index is 13.7. The van der Waals surface area contributed by atoms with Crippen LogP contribution in [-0.4, -0.2) is 16.2 Å². The average Bonchev–Trinajstić information content (AvgIpc) is 2.30. The van der Waals surface area contributed by atoms with Gasteiger partial charge in [0.2, 0.25) is 0 Å². The molecule has 0 radical (unpaired) electrons. The molecular weight excluding hydrogens is 225 g/mol. The fourth-order valence-corrected chi connectivity index (χ4v) is 1.73. The number of nitrogens with two attached hydrogens (primary N) is 1. The number of aromatic nitrogens is 2. The van der Waals surface area contributed by atoms with Gasteiger partial charge in [-0.2, -0.15) is 0 Å². The van der Waals surface area contributed by atoms with Crippen LogP contribution in [0.1, 0.15) is 0 Å². The Hall–Kier alpha value is -1.62. The van der Waals surface area contributed by atoms with E-state index < -0.39 is 0 Å². The van der Waals surface area contributed by atoms with Crippen LogP contribution in [0.5, 0.6) is 0 Å².